The molecule has 0 bridgehead atoms. The molecule has 0 radical (unpaired) electrons. The normalized spacial score (nSPS) is 23.9. The molecule has 2 aliphatic heterocycles. The lowest BCUT2D eigenvalue weighted by Gasteiger charge is -2.33. The van der Waals surface area contributed by atoms with Crippen molar-refractivity contribution in [3.63, 3.8) is 0 Å². The van der Waals surface area contributed by atoms with Crippen LogP contribution in [-0.2, 0) is 9.59 Å². The average Bonchev–Trinajstić information content (AvgIpc) is 2.52. The van der Waals surface area contributed by atoms with E-state index >= 15 is 0 Å². The average molecular weight is 296 g/mol. The minimum atomic E-state index is 0.0426. The third-order valence-electron chi connectivity index (χ3n) is 4.35. The van der Waals surface area contributed by atoms with Crippen molar-refractivity contribution < 1.29 is 9.59 Å². The molecule has 2 aliphatic rings. The first-order chi connectivity index (χ1) is 10.1. The van der Waals surface area contributed by atoms with E-state index in [9.17, 15) is 9.59 Å². The summed E-state index contributed by atoms with van der Waals surface area (Å²) in [5.41, 5.74) is 0. The van der Waals surface area contributed by atoms with Gasteiger partial charge in [0.2, 0.25) is 11.8 Å². The van der Waals surface area contributed by atoms with Gasteiger partial charge in [-0.05, 0) is 25.3 Å². The number of piperazine rings is 1. The summed E-state index contributed by atoms with van der Waals surface area (Å²) in [7, 11) is 0. The van der Waals surface area contributed by atoms with Gasteiger partial charge in [0, 0.05) is 59.2 Å². The molecule has 2 heterocycles. The highest BCUT2D eigenvalue weighted by atomic mass is 16.2. The number of nitrogens with one attached hydrogen (secondary N) is 2. The Labute approximate surface area is 127 Å². The second-order valence-electron chi connectivity index (χ2n) is 6.13. The maximum Gasteiger partial charge on any atom is 0.223 e. The number of carbonyl (C=O) groups is 2. The van der Waals surface area contributed by atoms with Crippen molar-refractivity contribution in [2.24, 2.45) is 5.92 Å². The van der Waals surface area contributed by atoms with Gasteiger partial charge in [-0.25, -0.2) is 0 Å². The van der Waals surface area contributed by atoms with Gasteiger partial charge >= 0.3 is 0 Å². The summed E-state index contributed by atoms with van der Waals surface area (Å²) in [5.74, 6) is 0.846. The lowest BCUT2D eigenvalue weighted by atomic mass is 9.98. The Morgan fingerprint density at radius 2 is 2.00 bits per heavy atom. The highest BCUT2D eigenvalue weighted by Gasteiger charge is 2.22. The standard InChI is InChI=1S/C15H28N4O2/c1-13(20)17-11-14-3-2-7-18(12-14)8-4-15(21)19-9-5-16-6-10-19/h14,16H,2-12H2,1H3,(H,17,20). The number of hydrogen-bond acceptors (Lipinski definition) is 4. The van der Waals surface area contributed by atoms with E-state index in [2.05, 4.69) is 15.5 Å². The fraction of sp³-hybridized carbons (Fsp3) is 0.867. The zero-order chi connectivity index (χ0) is 15.1. The fourth-order valence-electron chi connectivity index (χ4n) is 3.14. The van der Waals surface area contributed by atoms with Gasteiger partial charge in [-0.1, -0.05) is 0 Å². The minimum Gasteiger partial charge on any atom is -0.356 e. The van der Waals surface area contributed by atoms with Crippen LogP contribution in [0, 0.1) is 5.92 Å². The maximum atomic E-state index is 12.2. The molecule has 2 amide bonds. The van der Waals surface area contributed by atoms with Crippen molar-refractivity contribution in [1.29, 1.82) is 0 Å². The molecule has 0 aromatic heterocycles. The van der Waals surface area contributed by atoms with E-state index in [-0.39, 0.29) is 11.8 Å². The fourth-order valence-corrected chi connectivity index (χ4v) is 3.14. The third kappa shape index (κ3) is 5.63. The van der Waals surface area contributed by atoms with Gasteiger partial charge in [0.15, 0.2) is 0 Å². The molecule has 21 heavy (non-hydrogen) atoms. The zero-order valence-corrected chi connectivity index (χ0v) is 13.1. The summed E-state index contributed by atoms with van der Waals surface area (Å²) in [6.07, 6.45) is 2.95. The molecule has 2 saturated heterocycles. The first kappa shape index (κ1) is 16.2. The molecule has 0 saturated carbocycles. The Kier molecular flexibility index (Phi) is 6.45. The van der Waals surface area contributed by atoms with Gasteiger partial charge in [0.05, 0.1) is 0 Å². The van der Waals surface area contributed by atoms with Crippen LogP contribution in [0.5, 0.6) is 0 Å². The smallest absolute Gasteiger partial charge is 0.223 e. The summed E-state index contributed by atoms with van der Waals surface area (Å²) >= 11 is 0. The van der Waals surface area contributed by atoms with Gasteiger partial charge in [-0.2, -0.15) is 0 Å². The van der Waals surface area contributed by atoms with E-state index in [4.69, 9.17) is 0 Å². The van der Waals surface area contributed by atoms with E-state index in [0.29, 0.717) is 12.3 Å². The van der Waals surface area contributed by atoms with Gasteiger partial charge in [0.25, 0.3) is 0 Å². The predicted molar refractivity (Wildman–Crippen MR) is 81.9 cm³/mol. The Morgan fingerprint density at radius 1 is 1.24 bits per heavy atom. The summed E-state index contributed by atoms with van der Waals surface area (Å²) in [5, 5.41) is 6.17. The minimum absolute atomic E-state index is 0.0426. The van der Waals surface area contributed by atoms with Crippen LogP contribution in [0.25, 0.3) is 0 Å². The van der Waals surface area contributed by atoms with Crippen molar-refractivity contribution in [3.05, 3.63) is 0 Å². The number of likely N-dealkylation sites (tertiary alicyclic amines) is 1. The van der Waals surface area contributed by atoms with Crippen LogP contribution in [-0.4, -0.2) is 74.0 Å². The molecule has 2 rings (SSSR count). The molecule has 120 valence electrons. The molecule has 2 N–H and O–H groups in total. The largest absolute Gasteiger partial charge is 0.356 e. The number of nitrogens with zero attached hydrogens (tertiary/aromatic N) is 2. The van der Waals surface area contributed by atoms with E-state index in [1.807, 2.05) is 4.90 Å². The van der Waals surface area contributed by atoms with Crippen LogP contribution in [0.2, 0.25) is 0 Å². The molecular weight excluding hydrogens is 268 g/mol. The van der Waals surface area contributed by atoms with Crippen molar-refractivity contribution in [2.75, 3.05) is 52.4 Å². The number of carbonyl (C=O) groups excluding carboxylic acids is 2. The highest BCUT2D eigenvalue weighted by molar-refractivity contribution is 5.76. The van der Waals surface area contributed by atoms with Crippen LogP contribution in [0.1, 0.15) is 26.2 Å². The summed E-state index contributed by atoms with van der Waals surface area (Å²) in [6, 6.07) is 0. The maximum absolute atomic E-state index is 12.2. The second kappa shape index (κ2) is 8.34. The number of piperidine rings is 1. The van der Waals surface area contributed by atoms with Crippen molar-refractivity contribution >= 4 is 11.8 Å². The van der Waals surface area contributed by atoms with Crippen molar-refractivity contribution in [3.8, 4) is 0 Å². The first-order valence-corrected chi connectivity index (χ1v) is 8.10. The Hall–Kier alpha value is -1.14. The zero-order valence-electron chi connectivity index (χ0n) is 13.1. The van der Waals surface area contributed by atoms with E-state index in [1.165, 1.54) is 6.42 Å². The molecular formula is C15H28N4O2. The van der Waals surface area contributed by atoms with Gasteiger partial charge in [-0.3, -0.25) is 9.59 Å². The topological polar surface area (TPSA) is 64.7 Å². The summed E-state index contributed by atoms with van der Waals surface area (Å²) in [6.45, 7) is 8.74. The molecule has 2 fully saturated rings. The predicted octanol–water partition coefficient (Wildman–Crippen LogP) is -0.344. The number of amides is 2. The molecule has 1 unspecified atom stereocenters. The van der Waals surface area contributed by atoms with Crippen LogP contribution in [0.15, 0.2) is 0 Å². The summed E-state index contributed by atoms with van der Waals surface area (Å²) < 4.78 is 0. The number of hydrogen-bond donors (Lipinski definition) is 2. The van der Waals surface area contributed by atoms with Gasteiger partial charge in [-0.15, -0.1) is 0 Å². The van der Waals surface area contributed by atoms with E-state index < -0.39 is 0 Å². The molecule has 6 nitrogen and oxygen atoms in total. The van der Waals surface area contributed by atoms with Crippen LogP contribution < -0.4 is 10.6 Å². The SMILES string of the molecule is CC(=O)NCC1CCCN(CCC(=O)N2CCNCC2)C1. The number of rotatable bonds is 5. The van der Waals surface area contributed by atoms with Crippen LogP contribution in [0.4, 0.5) is 0 Å². The van der Waals surface area contributed by atoms with E-state index in [0.717, 1.165) is 58.8 Å². The quantitative estimate of drug-likeness (QED) is 0.728. The van der Waals surface area contributed by atoms with E-state index in [1.54, 1.807) is 6.92 Å². The second-order valence-corrected chi connectivity index (χ2v) is 6.13. The molecule has 0 spiro atoms. The van der Waals surface area contributed by atoms with Gasteiger partial charge < -0.3 is 20.4 Å². The summed E-state index contributed by atoms with van der Waals surface area (Å²) in [4.78, 5) is 27.5. The molecule has 0 aliphatic carbocycles. The van der Waals surface area contributed by atoms with Crippen LogP contribution in [0.3, 0.4) is 0 Å². The van der Waals surface area contributed by atoms with Gasteiger partial charge in [0.1, 0.15) is 0 Å². The molecule has 1 atom stereocenters. The molecule has 0 aromatic carbocycles. The first-order valence-electron chi connectivity index (χ1n) is 8.10. The third-order valence-corrected chi connectivity index (χ3v) is 4.35. The Balaban J connectivity index is 1.67. The molecule has 6 heteroatoms. The Morgan fingerprint density at radius 3 is 2.71 bits per heavy atom. The lowest BCUT2D eigenvalue weighted by Crippen LogP contribution is -2.47. The monoisotopic (exact) mass is 296 g/mol. The van der Waals surface area contributed by atoms with Crippen molar-refractivity contribution in [1.82, 2.24) is 20.4 Å². The van der Waals surface area contributed by atoms with Crippen LogP contribution >= 0.6 is 0 Å². The van der Waals surface area contributed by atoms with Crippen molar-refractivity contribution in [2.45, 2.75) is 26.2 Å². The Bertz CT molecular complexity index is 356. The highest BCUT2D eigenvalue weighted by Crippen LogP contribution is 2.16. The molecule has 0 aromatic rings. The lowest BCUT2D eigenvalue weighted by molar-refractivity contribution is -0.132.